The molecule has 0 amide bonds. The molecule has 0 bridgehead atoms. The van der Waals surface area contributed by atoms with Gasteiger partial charge in [-0.25, -0.2) is 0 Å². The third-order valence-corrected chi connectivity index (χ3v) is 5.24. The normalized spacial score (nSPS) is 13.0. The Morgan fingerprint density at radius 2 is 1.77 bits per heavy atom. The first-order chi connectivity index (χ1) is 12.3. The van der Waals surface area contributed by atoms with E-state index in [1.165, 1.54) is 0 Å². The molecule has 4 aromatic rings. The van der Waals surface area contributed by atoms with Crippen molar-refractivity contribution < 1.29 is 14.2 Å². The maximum absolute atomic E-state index is 10.3. The molecule has 0 aliphatic carbocycles. The van der Waals surface area contributed by atoms with Gasteiger partial charge in [-0.05, 0) is 45.2 Å². The lowest BCUT2D eigenvalue weighted by Gasteiger charge is -2.37. The van der Waals surface area contributed by atoms with Crippen molar-refractivity contribution in [3.8, 4) is 0 Å². The quantitative estimate of drug-likeness (QED) is 0.569. The minimum atomic E-state index is -0.959. The van der Waals surface area contributed by atoms with Gasteiger partial charge in [-0.2, -0.15) is 0 Å². The number of fused-ring (bicyclic) bond motifs is 5. The molecule has 0 aliphatic rings. The summed E-state index contributed by atoms with van der Waals surface area (Å²) in [6.07, 6.45) is 3.57. The van der Waals surface area contributed by atoms with Gasteiger partial charge in [0.2, 0.25) is 0 Å². The van der Waals surface area contributed by atoms with Gasteiger partial charge in [0.1, 0.15) is 11.2 Å². The van der Waals surface area contributed by atoms with Crippen LogP contribution in [0.4, 0.5) is 0 Å². The Balaban J connectivity index is 1.77. The van der Waals surface area contributed by atoms with Crippen LogP contribution < -0.4 is 5.46 Å². The summed E-state index contributed by atoms with van der Waals surface area (Å²) in [5.41, 5.74) is 0.929. The molecule has 4 nitrogen and oxygen atoms in total. The fourth-order valence-electron chi connectivity index (χ4n) is 2.85. The number of hydrogen-bond acceptors (Lipinski definition) is 4. The van der Waals surface area contributed by atoms with Crippen LogP contribution in [0.3, 0.4) is 0 Å². The van der Waals surface area contributed by atoms with Crippen LogP contribution in [0.2, 0.25) is 0 Å². The van der Waals surface area contributed by atoms with Crippen LogP contribution in [0.1, 0.15) is 27.7 Å². The molecule has 5 heteroatoms. The van der Waals surface area contributed by atoms with Gasteiger partial charge in [0.25, 0.3) is 0 Å². The summed E-state index contributed by atoms with van der Waals surface area (Å²) in [4.78, 5) is 4.20. The van der Waals surface area contributed by atoms with Crippen LogP contribution >= 0.6 is 0 Å². The molecule has 0 spiro atoms. The number of aliphatic hydroxyl groups is 1. The molecule has 1 N–H and O–H groups in total. The molecule has 131 valence electrons. The highest BCUT2D eigenvalue weighted by atomic mass is 16.5. The van der Waals surface area contributed by atoms with Crippen molar-refractivity contribution in [2.45, 2.75) is 38.9 Å². The monoisotopic (exact) mass is 346 g/mol. The summed E-state index contributed by atoms with van der Waals surface area (Å²) in [5, 5.41) is 14.4. The maximum atomic E-state index is 10.3. The van der Waals surface area contributed by atoms with Gasteiger partial charge in [-0.1, -0.05) is 29.7 Å². The fraction of sp³-hybridized carbons (Fsp3) is 0.286. The van der Waals surface area contributed by atoms with Crippen LogP contribution in [0.5, 0.6) is 0 Å². The number of furan rings is 1. The van der Waals surface area contributed by atoms with Crippen molar-refractivity contribution in [1.29, 1.82) is 0 Å². The summed E-state index contributed by atoms with van der Waals surface area (Å²) in [6, 6.07) is 12.1. The second kappa shape index (κ2) is 5.83. The summed E-state index contributed by atoms with van der Waals surface area (Å²) in [5.74, 6) is 0. The van der Waals surface area contributed by atoms with E-state index in [0.717, 1.165) is 38.2 Å². The number of rotatable bonds is 4. The van der Waals surface area contributed by atoms with E-state index in [4.69, 9.17) is 9.07 Å². The van der Waals surface area contributed by atoms with E-state index in [1.54, 1.807) is 27.5 Å². The Hall–Kier alpha value is -2.37. The smallest absolute Gasteiger partial charge is 0.330 e. The minimum Gasteiger partial charge on any atom is -0.455 e. The molecule has 2 aromatic heterocycles. The summed E-state index contributed by atoms with van der Waals surface area (Å²) < 4.78 is 12.0. The predicted octanol–water partition coefficient (Wildman–Crippen LogP) is 3.94. The topological polar surface area (TPSA) is 55.5 Å². The van der Waals surface area contributed by atoms with Gasteiger partial charge >= 0.3 is 7.48 Å². The Labute approximate surface area is 153 Å². The van der Waals surface area contributed by atoms with Crippen LogP contribution in [-0.2, 0) is 4.65 Å². The Kier molecular flexibility index (Phi) is 3.83. The van der Waals surface area contributed by atoms with Crippen molar-refractivity contribution in [2.24, 2.45) is 0 Å². The first-order valence-electron chi connectivity index (χ1n) is 8.69. The number of hydrogen-bond donors (Lipinski definition) is 1. The summed E-state index contributed by atoms with van der Waals surface area (Å²) in [7, 11) is 1.69. The molecule has 4 rings (SSSR count). The SMILES string of the molecule is CC(C)(O)C(C)(C)O[B]c1ccc2ccc3c4cnccc4oc3c2c1. The average Bonchev–Trinajstić information content (AvgIpc) is 2.98. The second-order valence-corrected chi connectivity index (χ2v) is 7.70. The summed E-state index contributed by atoms with van der Waals surface area (Å²) in [6.45, 7) is 7.23. The van der Waals surface area contributed by atoms with Crippen LogP contribution in [0.15, 0.2) is 53.2 Å². The molecule has 0 atom stereocenters. The third kappa shape index (κ3) is 2.77. The molecule has 2 heterocycles. The Morgan fingerprint density at radius 1 is 1.00 bits per heavy atom. The fourth-order valence-corrected chi connectivity index (χ4v) is 2.85. The standard InChI is InChI=1S/C21H21BNO3/c1-20(2,24)21(3,4)26-22-14-7-5-13-6-8-15-17-12-23-10-9-18(17)25-19(15)16(13)11-14/h5-12,24H,1-4H3. The zero-order valence-electron chi connectivity index (χ0n) is 15.4. The second-order valence-electron chi connectivity index (χ2n) is 7.70. The van der Waals surface area contributed by atoms with E-state index in [1.807, 2.05) is 44.3 Å². The van der Waals surface area contributed by atoms with Gasteiger partial charge in [-0.3, -0.25) is 4.98 Å². The highest BCUT2D eigenvalue weighted by molar-refractivity contribution is 6.47. The molecule has 1 radical (unpaired) electrons. The molecule has 0 saturated carbocycles. The summed E-state index contributed by atoms with van der Waals surface area (Å²) >= 11 is 0. The van der Waals surface area contributed by atoms with E-state index < -0.39 is 11.2 Å². The number of nitrogens with zero attached hydrogens (tertiary/aromatic N) is 1. The lowest BCUT2D eigenvalue weighted by Crippen LogP contribution is -2.49. The predicted molar refractivity (Wildman–Crippen MR) is 106 cm³/mol. The van der Waals surface area contributed by atoms with E-state index in [0.29, 0.717) is 0 Å². The number of aromatic nitrogens is 1. The molecular weight excluding hydrogens is 325 g/mol. The van der Waals surface area contributed by atoms with E-state index in [9.17, 15) is 5.11 Å². The van der Waals surface area contributed by atoms with Crippen molar-refractivity contribution in [1.82, 2.24) is 4.98 Å². The van der Waals surface area contributed by atoms with Crippen LogP contribution in [-0.4, -0.2) is 28.8 Å². The molecule has 0 fully saturated rings. The van der Waals surface area contributed by atoms with Gasteiger partial charge in [0, 0.05) is 28.6 Å². The first-order valence-corrected chi connectivity index (χ1v) is 8.69. The lowest BCUT2D eigenvalue weighted by molar-refractivity contribution is -0.0893. The van der Waals surface area contributed by atoms with E-state index in [2.05, 4.69) is 17.1 Å². The van der Waals surface area contributed by atoms with Gasteiger partial charge < -0.3 is 14.2 Å². The third-order valence-electron chi connectivity index (χ3n) is 5.24. The van der Waals surface area contributed by atoms with Crippen LogP contribution in [0.25, 0.3) is 32.7 Å². The van der Waals surface area contributed by atoms with E-state index >= 15 is 0 Å². The largest absolute Gasteiger partial charge is 0.455 e. The zero-order valence-corrected chi connectivity index (χ0v) is 15.4. The molecule has 26 heavy (non-hydrogen) atoms. The highest BCUT2D eigenvalue weighted by Gasteiger charge is 2.35. The van der Waals surface area contributed by atoms with E-state index in [-0.39, 0.29) is 0 Å². The van der Waals surface area contributed by atoms with Crippen LogP contribution in [0, 0.1) is 0 Å². The van der Waals surface area contributed by atoms with Gasteiger partial charge in [0.15, 0.2) is 0 Å². The van der Waals surface area contributed by atoms with Crippen molar-refractivity contribution in [2.75, 3.05) is 0 Å². The Morgan fingerprint density at radius 3 is 2.54 bits per heavy atom. The highest BCUT2D eigenvalue weighted by Crippen LogP contribution is 2.33. The van der Waals surface area contributed by atoms with Gasteiger partial charge in [0.05, 0.1) is 11.2 Å². The number of benzene rings is 2. The maximum Gasteiger partial charge on any atom is 0.330 e. The molecule has 0 saturated heterocycles. The average molecular weight is 346 g/mol. The van der Waals surface area contributed by atoms with Crippen molar-refractivity contribution in [3.63, 3.8) is 0 Å². The molecule has 0 aliphatic heterocycles. The molecular formula is C21H21BNO3. The van der Waals surface area contributed by atoms with Crippen molar-refractivity contribution >= 4 is 45.7 Å². The lowest BCUT2D eigenvalue weighted by atomic mass is 9.82. The molecule has 2 aromatic carbocycles. The Bertz CT molecular complexity index is 1110. The van der Waals surface area contributed by atoms with Crippen molar-refractivity contribution in [3.05, 3.63) is 48.8 Å². The van der Waals surface area contributed by atoms with Gasteiger partial charge in [-0.15, -0.1) is 0 Å². The number of pyridine rings is 1. The first kappa shape index (κ1) is 17.1. The zero-order chi connectivity index (χ0) is 18.5. The molecule has 0 unspecified atom stereocenters. The minimum absolute atomic E-state index is 0.709.